The molecular formula is C14H29N. The second-order valence-electron chi connectivity index (χ2n) is 5.56. The molecule has 1 aliphatic rings. The summed E-state index contributed by atoms with van der Waals surface area (Å²) in [7, 11) is 0. The van der Waals surface area contributed by atoms with Gasteiger partial charge in [0.1, 0.15) is 0 Å². The van der Waals surface area contributed by atoms with Crippen LogP contribution in [0.2, 0.25) is 0 Å². The minimum atomic E-state index is 0.709. The van der Waals surface area contributed by atoms with Gasteiger partial charge >= 0.3 is 0 Å². The molecule has 1 saturated carbocycles. The van der Waals surface area contributed by atoms with Crippen molar-refractivity contribution < 1.29 is 0 Å². The minimum absolute atomic E-state index is 0.709. The first-order valence-electron chi connectivity index (χ1n) is 6.89. The molecule has 15 heavy (non-hydrogen) atoms. The van der Waals surface area contributed by atoms with E-state index in [0.717, 1.165) is 11.8 Å². The van der Waals surface area contributed by atoms with Crippen LogP contribution in [-0.2, 0) is 0 Å². The van der Waals surface area contributed by atoms with Crippen molar-refractivity contribution in [3.8, 4) is 0 Å². The number of nitrogens with zero attached hydrogens (tertiary/aromatic N) is 1. The molecule has 1 heteroatoms. The van der Waals surface area contributed by atoms with Gasteiger partial charge in [0, 0.05) is 12.6 Å². The molecule has 0 heterocycles. The Morgan fingerprint density at radius 1 is 1.07 bits per heavy atom. The van der Waals surface area contributed by atoms with E-state index in [-0.39, 0.29) is 0 Å². The van der Waals surface area contributed by atoms with Gasteiger partial charge in [0.25, 0.3) is 0 Å². The maximum Gasteiger partial charge on any atom is 0.00385 e. The van der Waals surface area contributed by atoms with Gasteiger partial charge < -0.3 is 4.90 Å². The molecule has 1 fully saturated rings. The fraction of sp³-hybridized carbons (Fsp3) is 1.00. The lowest BCUT2D eigenvalue weighted by Crippen LogP contribution is -2.36. The first kappa shape index (κ1) is 13.0. The standard InChI is InChI=1S/C14H29N/c1-5-15(12(2)3)11-13(4)14-9-7-6-8-10-14/h12-14H,5-11H2,1-4H3. The van der Waals surface area contributed by atoms with Crippen molar-refractivity contribution >= 4 is 0 Å². The maximum absolute atomic E-state index is 2.61. The lowest BCUT2D eigenvalue weighted by molar-refractivity contribution is 0.153. The summed E-state index contributed by atoms with van der Waals surface area (Å²) in [6.07, 6.45) is 7.39. The minimum Gasteiger partial charge on any atom is -0.301 e. The second kappa shape index (κ2) is 6.52. The van der Waals surface area contributed by atoms with Crippen molar-refractivity contribution in [3.63, 3.8) is 0 Å². The van der Waals surface area contributed by atoms with E-state index in [1.54, 1.807) is 0 Å². The van der Waals surface area contributed by atoms with E-state index >= 15 is 0 Å². The summed E-state index contributed by atoms with van der Waals surface area (Å²) in [5, 5.41) is 0. The predicted molar refractivity (Wildman–Crippen MR) is 68.1 cm³/mol. The quantitative estimate of drug-likeness (QED) is 0.666. The molecule has 1 nitrogen and oxygen atoms in total. The molecule has 0 aromatic heterocycles. The Kier molecular flexibility index (Phi) is 5.66. The van der Waals surface area contributed by atoms with Crippen molar-refractivity contribution in [3.05, 3.63) is 0 Å². The largest absolute Gasteiger partial charge is 0.301 e. The predicted octanol–water partition coefficient (Wildman–Crippen LogP) is 3.93. The summed E-state index contributed by atoms with van der Waals surface area (Å²) in [5.41, 5.74) is 0. The highest BCUT2D eigenvalue weighted by atomic mass is 15.1. The monoisotopic (exact) mass is 211 g/mol. The summed E-state index contributed by atoms with van der Waals surface area (Å²) in [6.45, 7) is 11.9. The SMILES string of the molecule is CCN(CC(C)C1CCCCC1)C(C)C. The van der Waals surface area contributed by atoms with Crippen LogP contribution >= 0.6 is 0 Å². The van der Waals surface area contributed by atoms with Crippen LogP contribution in [0, 0.1) is 11.8 Å². The molecule has 0 aromatic rings. The zero-order valence-electron chi connectivity index (χ0n) is 11.1. The van der Waals surface area contributed by atoms with E-state index < -0.39 is 0 Å². The highest BCUT2D eigenvalue weighted by Crippen LogP contribution is 2.30. The number of hydrogen-bond acceptors (Lipinski definition) is 1. The molecule has 0 spiro atoms. The fourth-order valence-corrected chi connectivity index (χ4v) is 2.93. The molecule has 1 atom stereocenters. The molecule has 0 amide bonds. The molecular weight excluding hydrogens is 182 g/mol. The summed E-state index contributed by atoms with van der Waals surface area (Å²) in [6, 6.07) is 0.709. The Hall–Kier alpha value is -0.0400. The van der Waals surface area contributed by atoms with Gasteiger partial charge in [0.15, 0.2) is 0 Å². The third-order valence-corrected chi connectivity index (χ3v) is 4.11. The third-order valence-electron chi connectivity index (χ3n) is 4.11. The molecule has 0 aromatic carbocycles. The van der Waals surface area contributed by atoms with Gasteiger partial charge in [-0.3, -0.25) is 0 Å². The van der Waals surface area contributed by atoms with E-state index in [2.05, 4.69) is 32.6 Å². The van der Waals surface area contributed by atoms with Crippen LogP contribution < -0.4 is 0 Å². The summed E-state index contributed by atoms with van der Waals surface area (Å²) < 4.78 is 0. The van der Waals surface area contributed by atoms with Crippen molar-refractivity contribution in [2.75, 3.05) is 13.1 Å². The zero-order chi connectivity index (χ0) is 11.3. The second-order valence-corrected chi connectivity index (χ2v) is 5.56. The van der Waals surface area contributed by atoms with Gasteiger partial charge in [-0.15, -0.1) is 0 Å². The van der Waals surface area contributed by atoms with Gasteiger partial charge in [-0.2, -0.15) is 0 Å². The van der Waals surface area contributed by atoms with E-state index in [4.69, 9.17) is 0 Å². The van der Waals surface area contributed by atoms with Crippen LogP contribution in [0.1, 0.15) is 59.8 Å². The van der Waals surface area contributed by atoms with Crippen molar-refractivity contribution in [1.82, 2.24) is 4.90 Å². The van der Waals surface area contributed by atoms with Gasteiger partial charge in [0.05, 0.1) is 0 Å². The van der Waals surface area contributed by atoms with Gasteiger partial charge in [-0.05, 0) is 32.2 Å². The lowest BCUT2D eigenvalue weighted by atomic mass is 9.80. The smallest absolute Gasteiger partial charge is 0.00385 e. The Bertz CT molecular complexity index is 159. The van der Waals surface area contributed by atoms with Crippen LogP contribution in [0.3, 0.4) is 0 Å². The number of rotatable bonds is 5. The Balaban J connectivity index is 2.34. The Labute approximate surface area is 96.2 Å². The van der Waals surface area contributed by atoms with E-state index in [0.29, 0.717) is 6.04 Å². The first-order valence-corrected chi connectivity index (χ1v) is 6.89. The Morgan fingerprint density at radius 3 is 2.13 bits per heavy atom. The molecule has 0 aliphatic heterocycles. The summed E-state index contributed by atoms with van der Waals surface area (Å²) in [5.74, 6) is 1.90. The van der Waals surface area contributed by atoms with Crippen LogP contribution in [0.4, 0.5) is 0 Å². The van der Waals surface area contributed by atoms with Crippen LogP contribution in [0.25, 0.3) is 0 Å². The topological polar surface area (TPSA) is 3.24 Å². The van der Waals surface area contributed by atoms with Crippen molar-refractivity contribution in [2.24, 2.45) is 11.8 Å². The maximum atomic E-state index is 2.61. The van der Waals surface area contributed by atoms with E-state index in [1.165, 1.54) is 45.2 Å². The van der Waals surface area contributed by atoms with E-state index in [9.17, 15) is 0 Å². The molecule has 1 unspecified atom stereocenters. The highest BCUT2D eigenvalue weighted by Gasteiger charge is 2.22. The average Bonchev–Trinajstić information content (AvgIpc) is 2.26. The van der Waals surface area contributed by atoms with Crippen LogP contribution in [-0.4, -0.2) is 24.0 Å². The lowest BCUT2D eigenvalue weighted by Gasteiger charge is -2.33. The Morgan fingerprint density at radius 2 is 1.67 bits per heavy atom. The molecule has 90 valence electrons. The van der Waals surface area contributed by atoms with Gasteiger partial charge in [-0.1, -0.05) is 46.0 Å². The normalized spacial score (nSPS) is 21.2. The molecule has 0 saturated heterocycles. The summed E-state index contributed by atoms with van der Waals surface area (Å²) in [4.78, 5) is 2.61. The summed E-state index contributed by atoms with van der Waals surface area (Å²) >= 11 is 0. The van der Waals surface area contributed by atoms with E-state index in [1.807, 2.05) is 0 Å². The van der Waals surface area contributed by atoms with Crippen LogP contribution in [0.5, 0.6) is 0 Å². The number of hydrogen-bond donors (Lipinski definition) is 0. The fourth-order valence-electron chi connectivity index (χ4n) is 2.93. The van der Waals surface area contributed by atoms with Gasteiger partial charge in [-0.25, -0.2) is 0 Å². The van der Waals surface area contributed by atoms with Crippen molar-refractivity contribution in [2.45, 2.75) is 65.8 Å². The first-order chi connectivity index (χ1) is 7.15. The highest BCUT2D eigenvalue weighted by molar-refractivity contribution is 4.74. The van der Waals surface area contributed by atoms with Gasteiger partial charge in [0.2, 0.25) is 0 Å². The molecule has 0 N–H and O–H groups in total. The van der Waals surface area contributed by atoms with Crippen LogP contribution in [0.15, 0.2) is 0 Å². The molecule has 1 rings (SSSR count). The molecule has 1 aliphatic carbocycles. The molecule has 0 bridgehead atoms. The average molecular weight is 211 g/mol. The molecule has 0 radical (unpaired) electrons. The zero-order valence-corrected chi connectivity index (χ0v) is 11.1. The third kappa shape index (κ3) is 4.14. The van der Waals surface area contributed by atoms with Crippen molar-refractivity contribution in [1.29, 1.82) is 0 Å².